The first-order valence-corrected chi connectivity index (χ1v) is 8.81. The zero-order chi connectivity index (χ0) is 18.1. The lowest BCUT2D eigenvalue weighted by atomic mass is 9.83. The molecular formula is C19H25N3O3. The topological polar surface area (TPSA) is 77.1 Å². The summed E-state index contributed by atoms with van der Waals surface area (Å²) in [5, 5.41) is 7.28. The monoisotopic (exact) mass is 343 g/mol. The van der Waals surface area contributed by atoms with Crippen molar-refractivity contribution in [1.82, 2.24) is 15.1 Å². The lowest BCUT2D eigenvalue weighted by Gasteiger charge is -2.24. The standard InChI is InChI=1S/C19H25N3O3/c1-11-8-16(15-6-5-7-15)25-19(24)17(11)18(23)20-13(3)10-22-14(4)9-12(2)21-22/h8-9,13,15H,5-7,10H2,1-4H3,(H,20,23). The summed E-state index contributed by atoms with van der Waals surface area (Å²) >= 11 is 0. The summed E-state index contributed by atoms with van der Waals surface area (Å²) in [5.41, 5.74) is 2.22. The van der Waals surface area contributed by atoms with Crippen LogP contribution in [0, 0.1) is 20.8 Å². The van der Waals surface area contributed by atoms with E-state index in [1.807, 2.05) is 37.6 Å². The fourth-order valence-corrected chi connectivity index (χ4v) is 3.26. The number of nitrogens with zero attached hydrogens (tertiary/aromatic N) is 2. The van der Waals surface area contributed by atoms with Crippen LogP contribution in [0.5, 0.6) is 0 Å². The van der Waals surface area contributed by atoms with E-state index in [1.54, 1.807) is 6.92 Å². The van der Waals surface area contributed by atoms with Gasteiger partial charge in [0.15, 0.2) is 0 Å². The third-order valence-corrected chi connectivity index (χ3v) is 4.83. The predicted octanol–water partition coefficient (Wildman–Crippen LogP) is 2.85. The Kier molecular flexibility index (Phi) is 4.79. The van der Waals surface area contributed by atoms with Crippen molar-refractivity contribution in [2.24, 2.45) is 0 Å². The van der Waals surface area contributed by atoms with Crippen molar-refractivity contribution in [3.05, 3.63) is 50.8 Å². The Hall–Kier alpha value is -2.37. The van der Waals surface area contributed by atoms with E-state index in [1.165, 1.54) is 6.42 Å². The molecule has 0 aromatic carbocycles. The highest BCUT2D eigenvalue weighted by atomic mass is 16.4. The minimum Gasteiger partial charge on any atom is -0.427 e. The molecule has 0 saturated heterocycles. The molecule has 0 radical (unpaired) electrons. The van der Waals surface area contributed by atoms with Gasteiger partial charge >= 0.3 is 5.63 Å². The molecular weight excluding hydrogens is 318 g/mol. The van der Waals surface area contributed by atoms with Gasteiger partial charge in [-0.15, -0.1) is 0 Å². The fourth-order valence-electron chi connectivity index (χ4n) is 3.26. The van der Waals surface area contributed by atoms with Gasteiger partial charge in [0.2, 0.25) is 0 Å². The second-order valence-corrected chi connectivity index (χ2v) is 7.11. The number of nitrogens with one attached hydrogen (secondary N) is 1. The third-order valence-electron chi connectivity index (χ3n) is 4.83. The van der Waals surface area contributed by atoms with E-state index < -0.39 is 5.63 Å². The molecule has 2 aromatic heterocycles. The minimum absolute atomic E-state index is 0.100. The molecule has 1 saturated carbocycles. The van der Waals surface area contributed by atoms with E-state index in [-0.39, 0.29) is 17.5 Å². The summed E-state index contributed by atoms with van der Waals surface area (Å²) in [4.78, 5) is 24.8. The van der Waals surface area contributed by atoms with Crippen LogP contribution >= 0.6 is 0 Å². The molecule has 0 bridgehead atoms. The second kappa shape index (κ2) is 6.86. The molecule has 1 N–H and O–H groups in total. The van der Waals surface area contributed by atoms with Crippen molar-refractivity contribution in [2.45, 2.75) is 65.5 Å². The van der Waals surface area contributed by atoms with Crippen LogP contribution in [0.4, 0.5) is 0 Å². The summed E-state index contributed by atoms with van der Waals surface area (Å²) in [6, 6.07) is 3.67. The zero-order valence-electron chi connectivity index (χ0n) is 15.3. The molecule has 2 heterocycles. The van der Waals surface area contributed by atoms with Gasteiger partial charge in [0.1, 0.15) is 11.3 Å². The smallest absolute Gasteiger partial charge is 0.349 e. The molecule has 0 aliphatic heterocycles. The average molecular weight is 343 g/mol. The highest BCUT2D eigenvalue weighted by Crippen LogP contribution is 2.36. The van der Waals surface area contributed by atoms with E-state index in [4.69, 9.17) is 4.42 Å². The lowest BCUT2D eigenvalue weighted by Crippen LogP contribution is -2.38. The number of hydrogen-bond donors (Lipinski definition) is 1. The maximum Gasteiger partial charge on any atom is 0.349 e. The van der Waals surface area contributed by atoms with Crippen LogP contribution < -0.4 is 10.9 Å². The fraction of sp³-hybridized carbons (Fsp3) is 0.526. The van der Waals surface area contributed by atoms with Crippen molar-refractivity contribution in [1.29, 1.82) is 0 Å². The molecule has 1 amide bonds. The van der Waals surface area contributed by atoms with Crippen molar-refractivity contribution in [2.75, 3.05) is 0 Å². The van der Waals surface area contributed by atoms with Gasteiger partial charge in [-0.05, 0) is 58.2 Å². The van der Waals surface area contributed by atoms with Crippen molar-refractivity contribution >= 4 is 5.91 Å². The van der Waals surface area contributed by atoms with Crippen LogP contribution in [-0.2, 0) is 6.54 Å². The lowest BCUT2D eigenvalue weighted by molar-refractivity contribution is 0.0930. The molecule has 134 valence electrons. The van der Waals surface area contributed by atoms with E-state index in [2.05, 4.69) is 10.4 Å². The Balaban J connectivity index is 1.72. The van der Waals surface area contributed by atoms with E-state index in [0.717, 1.165) is 24.2 Å². The number of carbonyl (C=O) groups excluding carboxylic acids is 1. The summed E-state index contributed by atoms with van der Waals surface area (Å²) < 4.78 is 7.26. The molecule has 25 heavy (non-hydrogen) atoms. The van der Waals surface area contributed by atoms with Crippen LogP contribution in [0.15, 0.2) is 21.3 Å². The number of hydrogen-bond acceptors (Lipinski definition) is 4. The van der Waals surface area contributed by atoms with E-state index in [0.29, 0.717) is 23.8 Å². The Labute approximate surface area is 147 Å². The first-order chi connectivity index (χ1) is 11.8. The summed E-state index contributed by atoms with van der Waals surface area (Å²) in [5.74, 6) is 0.648. The Morgan fingerprint density at radius 1 is 1.36 bits per heavy atom. The van der Waals surface area contributed by atoms with Gasteiger partial charge in [-0.3, -0.25) is 9.48 Å². The molecule has 1 fully saturated rings. The second-order valence-electron chi connectivity index (χ2n) is 7.11. The maximum atomic E-state index is 12.5. The normalized spacial score (nSPS) is 15.7. The molecule has 2 aromatic rings. The first kappa shape index (κ1) is 17.5. The van der Waals surface area contributed by atoms with Gasteiger partial charge in [-0.2, -0.15) is 5.10 Å². The van der Waals surface area contributed by atoms with E-state index >= 15 is 0 Å². The van der Waals surface area contributed by atoms with Crippen molar-refractivity contribution in [3.63, 3.8) is 0 Å². The molecule has 1 aliphatic carbocycles. The number of aromatic nitrogens is 2. The van der Waals surface area contributed by atoms with Gasteiger partial charge in [-0.25, -0.2) is 4.79 Å². The van der Waals surface area contributed by atoms with Gasteiger partial charge in [0.05, 0.1) is 12.2 Å². The van der Waals surface area contributed by atoms with Crippen LogP contribution in [0.25, 0.3) is 0 Å². The molecule has 1 aliphatic rings. The average Bonchev–Trinajstić information content (AvgIpc) is 2.73. The van der Waals surface area contributed by atoms with Crippen LogP contribution in [0.1, 0.15) is 65.2 Å². The SMILES string of the molecule is Cc1cc(C)n(CC(C)NC(=O)c2c(C)cc(C3CCC3)oc2=O)n1. The highest BCUT2D eigenvalue weighted by molar-refractivity contribution is 5.95. The summed E-state index contributed by atoms with van der Waals surface area (Å²) in [6.45, 7) is 8.15. The number of carbonyl (C=O) groups is 1. The number of rotatable bonds is 5. The zero-order valence-corrected chi connectivity index (χ0v) is 15.3. The molecule has 1 atom stereocenters. The highest BCUT2D eigenvalue weighted by Gasteiger charge is 2.25. The molecule has 1 unspecified atom stereocenters. The maximum absolute atomic E-state index is 12.5. The number of amides is 1. The predicted molar refractivity (Wildman–Crippen MR) is 94.9 cm³/mol. The Morgan fingerprint density at radius 2 is 2.08 bits per heavy atom. The molecule has 6 nitrogen and oxygen atoms in total. The molecule has 6 heteroatoms. The first-order valence-electron chi connectivity index (χ1n) is 8.81. The van der Waals surface area contributed by atoms with Crippen molar-refractivity contribution < 1.29 is 9.21 Å². The third kappa shape index (κ3) is 3.67. The van der Waals surface area contributed by atoms with Gasteiger partial charge < -0.3 is 9.73 Å². The van der Waals surface area contributed by atoms with Crippen LogP contribution in [0.3, 0.4) is 0 Å². The molecule has 3 rings (SSSR count). The van der Waals surface area contributed by atoms with Gasteiger partial charge in [0.25, 0.3) is 5.91 Å². The van der Waals surface area contributed by atoms with Gasteiger partial charge in [-0.1, -0.05) is 6.42 Å². The number of aryl methyl sites for hydroxylation is 3. The van der Waals surface area contributed by atoms with Crippen molar-refractivity contribution in [3.8, 4) is 0 Å². The summed E-state index contributed by atoms with van der Waals surface area (Å²) in [6.07, 6.45) is 3.26. The largest absolute Gasteiger partial charge is 0.427 e. The van der Waals surface area contributed by atoms with Crippen LogP contribution in [0.2, 0.25) is 0 Å². The Morgan fingerprint density at radius 3 is 2.60 bits per heavy atom. The van der Waals surface area contributed by atoms with Crippen LogP contribution in [-0.4, -0.2) is 21.7 Å². The molecule has 0 spiro atoms. The Bertz CT molecular complexity index is 846. The quantitative estimate of drug-likeness (QED) is 0.905. The van der Waals surface area contributed by atoms with Gasteiger partial charge in [0, 0.05) is 17.7 Å². The summed E-state index contributed by atoms with van der Waals surface area (Å²) in [7, 11) is 0. The van der Waals surface area contributed by atoms with E-state index in [9.17, 15) is 9.59 Å². The minimum atomic E-state index is -0.544.